The number of hydrogen-bond acceptors (Lipinski definition) is 4. The fraction of sp³-hybridized carbons (Fsp3) is 0.371. The van der Waals surface area contributed by atoms with Gasteiger partial charge in [0.15, 0.2) is 0 Å². The van der Waals surface area contributed by atoms with Crippen molar-refractivity contribution in [3.63, 3.8) is 0 Å². The number of nitrogens with one attached hydrogen (secondary N) is 1. The largest absolute Gasteiger partial charge is 0.304 e. The molecule has 1 saturated carbocycles. The van der Waals surface area contributed by atoms with Gasteiger partial charge in [-0.05, 0) is 54.3 Å². The van der Waals surface area contributed by atoms with Gasteiger partial charge in [-0.25, -0.2) is 0 Å². The first kappa shape index (κ1) is 26.7. The highest BCUT2D eigenvalue weighted by Gasteiger charge is 2.61. The molecule has 40 heavy (non-hydrogen) atoms. The van der Waals surface area contributed by atoms with Crippen LogP contribution in [0.1, 0.15) is 60.6 Å². The predicted molar refractivity (Wildman–Crippen MR) is 164 cm³/mol. The number of H-pyrrole nitrogens is 1. The second kappa shape index (κ2) is 11.1. The second-order valence-electron chi connectivity index (χ2n) is 11.8. The second-order valence-corrected chi connectivity index (χ2v) is 11.8. The summed E-state index contributed by atoms with van der Waals surface area (Å²) in [5.41, 5.74) is 6.43. The third-order valence-corrected chi connectivity index (χ3v) is 9.18. The van der Waals surface area contributed by atoms with Gasteiger partial charge in [-0.15, -0.1) is 0 Å². The van der Waals surface area contributed by atoms with Gasteiger partial charge in [-0.3, -0.25) is 14.8 Å². The zero-order valence-electron chi connectivity index (χ0n) is 23.9. The summed E-state index contributed by atoms with van der Waals surface area (Å²) >= 11 is 0. The Kier molecular flexibility index (Phi) is 7.43. The number of aromatic nitrogens is 2. The number of aromatic amines is 1. The molecule has 0 amide bonds. The average Bonchev–Trinajstić information content (AvgIpc) is 3.64. The maximum atomic E-state index is 13.6. The normalized spacial score (nSPS) is 22.6. The number of nitrogens with zero attached hydrogens (tertiary/aromatic N) is 3. The minimum atomic E-state index is -0.413. The Morgan fingerprint density at radius 1 is 1.02 bits per heavy atom. The number of carbonyl (C=O) groups is 1. The topological polar surface area (TPSA) is 52.2 Å². The van der Waals surface area contributed by atoms with Crippen LogP contribution < -0.4 is 0 Å². The third-order valence-electron chi connectivity index (χ3n) is 9.18. The van der Waals surface area contributed by atoms with Crippen LogP contribution in [0.25, 0.3) is 23.1 Å². The van der Waals surface area contributed by atoms with E-state index in [1.807, 2.05) is 18.2 Å². The number of carbonyl (C=O) groups excluding carboxylic acids is 1. The molecule has 1 aliphatic heterocycles. The molecule has 4 aromatic rings. The van der Waals surface area contributed by atoms with Crippen molar-refractivity contribution in [1.29, 1.82) is 0 Å². The molecule has 3 unspecified atom stereocenters. The van der Waals surface area contributed by atoms with Crippen LogP contribution in [0.5, 0.6) is 0 Å². The van der Waals surface area contributed by atoms with Gasteiger partial charge in [0.25, 0.3) is 0 Å². The maximum Gasteiger partial charge on any atom is 0.146 e. The average molecular weight is 533 g/mol. The van der Waals surface area contributed by atoms with Crippen molar-refractivity contribution < 1.29 is 4.79 Å². The summed E-state index contributed by atoms with van der Waals surface area (Å²) in [6, 6.07) is 25.8. The molecule has 0 spiro atoms. The summed E-state index contributed by atoms with van der Waals surface area (Å²) in [5.74, 6) is 0.625. The highest BCUT2D eigenvalue weighted by Crippen LogP contribution is 2.62. The molecule has 3 atom stereocenters. The molecule has 5 heteroatoms. The number of ketones is 1. The molecule has 2 heterocycles. The van der Waals surface area contributed by atoms with Crippen LogP contribution in [0.15, 0.2) is 72.8 Å². The summed E-state index contributed by atoms with van der Waals surface area (Å²) in [6.45, 7) is 9.74. The van der Waals surface area contributed by atoms with Crippen molar-refractivity contribution in [2.45, 2.75) is 44.6 Å². The molecular weight excluding hydrogens is 492 g/mol. The molecule has 0 bridgehead atoms. The minimum Gasteiger partial charge on any atom is -0.304 e. The van der Waals surface area contributed by atoms with E-state index in [4.69, 9.17) is 0 Å². The lowest BCUT2D eigenvalue weighted by molar-refractivity contribution is -0.125. The lowest BCUT2D eigenvalue weighted by atomic mass is 9.81. The number of rotatable bonds is 9. The van der Waals surface area contributed by atoms with Crippen LogP contribution in [0.2, 0.25) is 0 Å². The fourth-order valence-corrected chi connectivity index (χ4v) is 6.34. The van der Waals surface area contributed by atoms with Gasteiger partial charge in [0.1, 0.15) is 5.78 Å². The Morgan fingerprint density at radius 3 is 2.50 bits per heavy atom. The van der Waals surface area contributed by atoms with Crippen LogP contribution >= 0.6 is 0 Å². The highest BCUT2D eigenvalue weighted by atomic mass is 16.1. The van der Waals surface area contributed by atoms with Gasteiger partial charge in [-0.2, -0.15) is 5.10 Å². The molecular formula is C35H40N4O. The molecule has 2 aliphatic rings. The Hall–Kier alpha value is -3.54. The van der Waals surface area contributed by atoms with Crippen LogP contribution in [-0.2, 0) is 16.8 Å². The Morgan fingerprint density at radius 2 is 1.77 bits per heavy atom. The molecule has 0 radical (unpaired) electrons. The summed E-state index contributed by atoms with van der Waals surface area (Å²) in [6.07, 6.45) is 5.97. The van der Waals surface area contributed by atoms with E-state index in [1.165, 1.54) is 16.7 Å². The first-order valence-electron chi connectivity index (χ1n) is 14.7. The van der Waals surface area contributed by atoms with Gasteiger partial charge >= 0.3 is 0 Å². The highest BCUT2D eigenvalue weighted by molar-refractivity contribution is 5.97. The number of piperazine rings is 1. The number of likely N-dealkylation sites (N-methyl/N-ethyl adjacent to an activating group) is 1. The summed E-state index contributed by atoms with van der Waals surface area (Å²) in [5, 5.41) is 8.96. The lowest BCUT2D eigenvalue weighted by Gasteiger charge is -2.32. The smallest absolute Gasteiger partial charge is 0.146 e. The Bertz CT molecular complexity index is 1500. The molecule has 6 rings (SSSR count). The predicted octanol–water partition coefficient (Wildman–Crippen LogP) is 6.52. The van der Waals surface area contributed by atoms with Crippen molar-refractivity contribution in [3.8, 4) is 0 Å². The quantitative estimate of drug-likeness (QED) is 0.267. The molecule has 1 N–H and O–H groups in total. The van der Waals surface area contributed by atoms with Crippen LogP contribution in [0, 0.1) is 5.92 Å². The van der Waals surface area contributed by atoms with Gasteiger partial charge in [0.2, 0.25) is 0 Å². The van der Waals surface area contributed by atoms with Crippen LogP contribution in [0.4, 0.5) is 0 Å². The maximum absolute atomic E-state index is 13.6. The number of Topliss-reactive ketones (excluding diaryl/α,β-unsaturated/α-hetero) is 1. The van der Waals surface area contributed by atoms with E-state index in [0.717, 1.165) is 67.7 Å². The first-order chi connectivity index (χ1) is 19.5. The number of benzene rings is 3. The lowest BCUT2D eigenvalue weighted by Crippen LogP contribution is -2.43. The zero-order valence-corrected chi connectivity index (χ0v) is 23.9. The van der Waals surface area contributed by atoms with E-state index < -0.39 is 5.41 Å². The monoisotopic (exact) mass is 532 g/mol. The van der Waals surface area contributed by atoms with E-state index in [2.05, 4.69) is 108 Å². The Balaban J connectivity index is 1.17. The fourth-order valence-electron chi connectivity index (χ4n) is 6.34. The molecule has 1 aliphatic carbocycles. The van der Waals surface area contributed by atoms with Gasteiger partial charge in [0, 0.05) is 49.9 Å². The van der Waals surface area contributed by atoms with Crippen LogP contribution in [-0.4, -0.2) is 59.0 Å². The van der Waals surface area contributed by atoms with Crippen LogP contribution in [0.3, 0.4) is 0 Å². The van der Waals surface area contributed by atoms with Crippen molar-refractivity contribution in [2.24, 2.45) is 5.92 Å². The van der Waals surface area contributed by atoms with Crippen molar-refractivity contribution in [2.75, 3.05) is 33.2 Å². The molecule has 206 valence electrons. The van der Waals surface area contributed by atoms with Gasteiger partial charge in [-0.1, -0.05) is 86.7 Å². The van der Waals surface area contributed by atoms with E-state index in [0.29, 0.717) is 5.78 Å². The third kappa shape index (κ3) is 5.16. The SMILES string of the molecule is CCC(C)C(=O)C1(c2ccccc2)CC1c1ccc2c(/C=C/c3ccc(CN4CCN(C)CC4)cc3)n[nH]c2c1. The number of hydrogen-bond donors (Lipinski definition) is 1. The summed E-state index contributed by atoms with van der Waals surface area (Å²) < 4.78 is 0. The van der Waals surface area contributed by atoms with E-state index >= 15 is 0 Å². The van der Waals surface area contributed by atoms with Gasteiger partial charge in [0.05, 0.1) is 16.6 Å². The minimum absolute atomic E-state index is 0.0543. The first-order valence-corrected chi connectivity index (χ1v) is 14.7. The van der Waals surface area contributed by atoms with E-state index in [9.17, 15) is 4.79 Å². The van der Waals surface area contributed by atoms with E-state index in [1.54, 1.807) is 0 Å². The van der Waals surface area contributed by atoms with E-state index in [-0.39, 0.29) is 11.8 Å². The standard InChI is InChI=1S/C35H40N4O/c1-4-25(2)34(40)35(29-8-6-5-7-9-29)23-31(35)28-15-16-30-32(36-37-33(30)22-28)17-14-26-10-12-27(13-11-26)24-39-20-18-38(3)19-21-39/h5-17,22,25,31H,4,18-21,23-24H2,1-3H3,(H,36,37)/b17-14+. The Labute approximate surface area is 237 Å². The summed E-state index contributed by atoms with van der Waals surface area (Å²) in [7, 11) is 2.20. The zero-order chi connectivity index (χ0) is 27.7. The number of fused-ring (bicyclic) bond motifs is 1. The molecule has 2 fully saturated rings. The van der Waals surface area contributed by atoms with Crippen molar-refractivity contribution in [1.82, 2.24) is 20.0 Å². The molecule has 1 saturated heterocycles. The van der Waals surface area contributed by atoms with Crippen molar-refractivity contribution in [3.05, 3.63) is 101 Å². The molecule has 3 aromatic carbocycles. The summed E-state index contributed by atoms with van der Waals surface area (Å²) in [4.78, 5) is 18.5. The molecule has 1 aromatic heterocycles. The van der Waals surface area contributed by atoms with Gasteiger partial charge < -0.3 is 4.90 Å². The van der Waals surface area contributed by atoms with Crippen molar-refractivity contribution >= 4 is 28.8 Å². The molecule has 5 nitrogen and oxygen atoms in total.